The first-order valence-electron chi connectivity index (χ1n) is 13.5. The van der Waals surface area contributed by atoms with Crippen molar-refractivity contribution in [3.05, 3.63) is 69.8 Å². The largest absolute Gasteiger partial charge is 0.477 e. The zero-order valence-electron chi connectivity index (χ0n) is 22.8. The van der Waals surface area contributed by atoms with Gasteiger partial charge in [-0.25, -0.2) is 18.6 Å². The molecule has 3 N–H and O–H groups in total. The predicted octanol–water partition coefficient (Wildman–Crippen LogP) is 4.46. The number of likely N-dealkylation sites (N-methyl/N-ethyl adjacent to an activating group) is 1. The number of likely N-dealkylation sites (tertiary alicyclic amines) is 1. The molecule has 5 aromatic rings. The molecule has 2 fully saturated rings. The number of anilines is 2. The highest BCUT2D eigenvalue weighted by Gasteiger charge is 2.42. The molecule has 9 nitrogen and oxygen atoms in total. The molecule has 41 heavy (non-hydrogen) atoms. The van der Waals surface area contributed by atoms with Crippen LogP contribution in [0.15, 0.2) is 41.5 Å². The summed E-state index contributed by atoms with van der Waals surface area (Å²) in [5, 5.41) is 13.1. The first-order chi connectivity index (χ1) is 19.7. The van der Waals surface area contributed by atoms with Gasteiger partial charge in [-0.05, 0) is 50.1 Å². The first kappa shape index (κ1) is 25.5. The quantitative estimate of drug-likeness (QED) is 0.299. The fourth-order valence-electron chi connectivity index (χ4n) is 6.90. The topological polar surface area (TPSA) is 106 Å². The van der Waals surface area contributed by atoms with Crippen molar-refractivity contribution in [1.82, 2.24) is 19.3 Å². The summed E-state index contributed by atoms with van der Waals surface area (Å²) in [6, 6.07) is 6.14. The van der Waals surface area contributed by atoms with Gasteiger partial charge in [-0.3, -0.25) is 9.20 Å². The van der Waals surface area contributed by atoms with E-state index in [1.165, 1.54) is 10.5 Å². The van der Waals surface area contributed by atoms with Gasteiger partial charge in [0.1, 0.15) is 11.2 Å². The van der Waals surface area contributed by atoms with Gasteiger partial charge in [-0.15, -0.1) is 0 Å². The monoisotopic (exact) mass is 558 g/mol. The third-order valence-electron chi connectivity index (χ3n) is 8.75. The van der Waals surface area contributed by atoms with Crippen LogP contribution < -0.4 is 15.8 Å². The minimum absolute atomic E-state index is 0.117. The maximum absolute atomic E-state index is 15.7. The zero-order chi connectivity index (χ0) is 28.7. The summed E-state index contributed by atoms with van der Waals surface area (Å²) in [7, 11) is 3.73. The van der Waals surface area contributed by atoms with Crippen LogP contribution in [0.2, 0.25) is 0 Å². The first-order valence-corrected chi connectivity index (χ1v) is 13.5. The van der Waals surface area contributed by atoms with E-state index in [1.807, 2.05) is 13.0 Å². The van der Waals surface area contributed by atoms with Gasteiger partial charge in [0.25, 0.3) is 5.56 Å². The van der Waals surface area contributed by atoms with E-state index in [4.69, 9.17) is 0 Å². The fraction of sp³-hybridized carbons (Fsp3) is 0.300. The highest BCUT2D eigenvalue weighted by Crippen LogP contribution is 2.47. The number of fused-ring (bicyclic) bond motifs is 5. The van der Waals surface area contributed by atoms with E-state index in [-0.39, 0.29) is 17.0 Å². The number of rotatable bonds is 4. The van der Waals surface area contributed by atoms with Crippen molar-refractivity contribution in [2.75, 3.05) is 43.9 Å². The van der Waals surface area contributed by atoms with E-state index in [0.29, 0.717) is 44.8 Å². The SMILES string of the molecule is CNc1cc(F)c(F)c2c1[nH]c1ncc(-c3cc(C)c4ccc(C(=O)O)c(=O)n4c3)c(N3CC[C@@H]4CN(C)C[C@@H]43)c12. The molecule has 6 heterocycles. The number of pyridine rings is 3. The molecule has 7 rings (SSSR count). The van der Waals surface area contributed by atoms with Gasteiger partial charge in [-0.2, -0.15) is 0 Å². The van der Waals surface area contributed by atoms with Crippen LogP contribution in [-0.2, 0) is 0 Å². The number of nitrogens with one attached hydrogen (secondary N) is 2. The maximum Gasteiger partial charge on any atom is 0.341 e. The van der Waals surface area contributed by atoms with Crippen LogP contribution in [0.25, 0.3) is 38.6 Å². The fourth-order valence-corrected chi connectivity index (χ4v) is 6.90. The molecule has 210 valence electrons. The predicted molar refractivity (Wildman–Crippen MR) is 154 cm³/mol. The lowest BCUT2D eigenvalue weighted by atomic mass is 9.99. The normalized spacial score (nSPS) is 19.1. The number of aromatic amines is 1. The molecule has 0 radical (unpaired) electrons. The van der Waals surface area contributed by atoms with Crippen molar-refractivity contribution in [1.29, 1.82) is 0 Å². The van der Waals surface area contributed by atoms with Crippen molar-refractivity contribution >= 4 is 44.8 Å². The third kappa shape index (κ3) is 3.65. The van der Waals surface area contributed by atoms with Crippen LogP contribution in [0.5, 0.6) is 0 Å². The summed E-state index contributed by atoms with van der Waals surface area (Å²) < 4.78 is 31.9. The van der Waals surface area contributed by atoms with Gasteiger partial charge < -0.3 is 25.2 Å². The van der Waals surface area contributed by atoms with Gasteiger partial charge in [-0.1, -0.05) is 0 Å². The van der Waals surface area contributed by atoms with Crippen LogP contribution in [0.3, 0.4) is 0 Å². The van der Waals surface area contributed by atoms with E-state index in [2.05, 4.69) is 32.1 Å². The molecule has 0 unspecified atom stereocenters. The number of carbonyl (C=O) groups is 1. The Morgan fingerprint density at radius 3 is 2.76 bits per heavy atom. The number of aromatic carboxylic acids is 1. The van der Waals surface area contributed by atoms with Crippen molar-refractivity contribution in [3.63, 3.8) is 0 Å². The van der Waals surface area contributed by atoms with Crippen molar-refractivity contribution in [2.45, 2.75) is 19.4 Å². The van der Waals surface area contributed by atoms with Gasteiger partial charge in [0, 0.05) is 62.3 Å². The Morgan fingerprint density at radius 1 is 1.20 bits per heavy atom. The molecular formula is C30H28F2N6O3. The molecule has 2 aliphatic rings. The summed E-state index contributed by atoms with van der Waals surface area (Å²) >= 11 is 0. The molecular weight excluding hydrogens is 530 g/mol. The Morgan fingerprint density at radius 2 is 2.00 bits per heavy atom. The Bertz CT molecular complexity index is 1980. The number of nitrogens with zero attached hydrogens (tertiary/aromatic N) is 4. The molecule has 4 aromatic heterocycles. The smallest absolute Gasteiger partial charge is 0.341 e. The minimum atomic E-state index is -1.30. The number of aryl methyl sites for hydroxylation is 1. The van der Waals surface area contributed by atoms with E-state index >= 15 is 4.39 Å². The molecule has 0 bridgehead atoms. The Labute approximate surface area is 233 Å². The Hall–Kier alpha value is -4.51. The maximum atomic E-state index is 15.7. The minimum Gasteiger partial charge on any atom is -0.477 e. The van der Waals surface area contributed by atoms with Crippen LogP contribution in [0.4, 0.5) is 20.2 Å². The summed E-state index contributed by atoms with van der Waals surface area (Å²) in [4.78, 5) is 37.3. The van der Waals surface area contributed by atoms with E-state index in [9.17, 15) is 19.1 Å². The average Bonchev–Trinajstić information content (AvgIpc) is 3.62. The second kappa shape index (κ2) is 9.00. The van der Waals surface area contributed by atoms with E-state index in [0.717, 1.165) is 43.4 Å². The van der Waals surface area contributed by atoms with Gasteiger partial charge in [0.15, 0.2) is 11.6 Å². The second-order valence-electron chi connectivity index (χ2n) is 11.1. The number of carboxylic acids is 1. The average molecular weight is 559 g/mol. The van der Waals surface area contributed by atoms with Gasteiger partial charge >= 0.3 is 5.97 Å². The molecule has 0 amide bonds. The van der Waals surface area contributed by atoms with E-state index < -0.39 is 23.2 Å². The molecule has 2 saturated heterocycles. The molecule has 11 heteroatoms. The zero-order valence-corrected chi connectivity index (χ0v) is 22.8. The molecule has 0 aliphatic carbocycles. The van der Waals surface area contributed by atoms with Gasteiger partial charge in [0.2, 0.25) is 0 Å². The van der Waals surface area contributed by atoms with Crippen molar-refractivity contribution in [2.24, 2.45) is 5.92 Å². The second-order valence-corrected chi connectivity index (χ2v) is 11.1. The summed E-state index contributed by atoms with van der Waals surface area (Å²) in [5.74, 6) is -2.80. The standard InChI is InChI=1S/C30H28F2N6O3/c1-14-8-16(12-38-21(14)5-4-17(29(38)39)30(40)41)18-10-34-28-24(23-25(32)19(31)9-20(33-2)26(23)35-28)27(18)37-7-6-15-11-36(3)13-22(15)37/h4-5,8-10,12,15,22,33H,6-7,11,13H2,1-3H3,(H,34,35)(H,40,41)/t15-,22+/m1/s1. The Kier molecular flexibility index (Phi) is 5.59. The lowest BCUT2D eigenvalue weighted by Crippen LogP contribution is -2.35. The highest BCUT2D eigenvalue weighted by molar-refractivity contribution is 6.18. The number of hydrogen-bond acceptors (Lipinski definition) is 6. The van der Waals surface area contributed by atoms with E-state index in [1.54, 1.807) is 25.5 Å². The molecule has 2 aliphatic heterocycles. The number of carboxylic acid groups (broad SMARTS) is 1. The molecule has 1 aromatic carbocycles. The van der Waals surface area contributed by atoms with Crippen LogP contribution >= 0.6 is 0 Å². The van der Waals surface area contributed by atoms with Crippen LogP contribution in [-0.4, -0.2) is 70.1 Å². The van der Waals surface area contributed by atoms with Crippen LogP contribution in [0.1, 0.15) is 22.3 Å². The summed E-state index contributed by atoms with van der Waals surface area (Å²) in [5.41, 5.74) is 3.62. The van der Waals surface area contributed by atoms with Crippen molar-refractivity contribution in [3.8, 4) is 11.1 Å². The third-order valence-corrected chi connectivity index (χ3v) is 8.75. The highest BCUT2D eigenvalue weighted by atomic mass is 19.2. The number of hydrogen-bond donors (Lipinski definition) is 3. The summed E-state index contributed by atoms with van der Waals surface area (Å²) in [6.45, 7) is 4.36. The lowest BCUT2D eigenvalue weighted by molar-refractivity contribution is 0.0694. The lowest BCUT2D eigenvalue weighted by Gasteiger charge is -2.29. The molecule has 0 spiro atoms. The number of benzene rings is 1. The van der Waals surface area contributed by atoms with Gasteiger partial charge in [0.05, 0.1) is 33.2 Å². The molecule has 0 saturated carbocycles. The molecule has 2 atom stereocenters. The Balaban J connectivity index is 1.59. The number of halogens is 2. The summed E-state index contributed by atoms with van der Waals surface area (Å²) in [6.07, 6.45) is 4.26. The number of aromatic nitrogens is 3. The number of H-pyrrole nitrogens is 1. The van der Waals surface area contributed by atoms with Crippen molar-refractivity contribution < 1.29 is 18.7 Å². The van der Waals surface area contributed by atoms with Crippen LogP contribution in [0, 0.1) is 24.5 Å².